The molecule has 0 unspecified atom stereocenters. The van der Waals surface area contributed by atoms with E-state index in [1.165, 1.54) is 0 Å². The van der Waals surface area contributed by atoms with Crippen molar-refractivity contribution in [2.75, 3.05) is 5.32 Å². The summed E-state index contributed by atoms with van der Waals surface area (Å²) in [6.45, 7) is 3.75. The zero-order chi connectivity index (χ0) is 21.3. The smallest absolute Gasteiger partial charge is 0.295 e. The van der Waals surface area contributed by atoms with Gasteiger partial charge < -0.3 is 5.32 Å². The van der Waals surface area contributed by atoms with Crippen LogP contribution in [0.5, 0.6) is 0 Å². The molecule has 0 aliphatic carbocycles. The van der Waals surface area contributed by atoms with Gasteiger partial charge in [-0.25, -0.2) is 9.67 Å². The Labute approximate surface area is 184 Å². The molecule has 7 heteroatoms. The number of aromatic nitrogens is 3. The van der Waals surface area contributed by atoms with Crippen molar-refractivity contribution in [3.8, 4) is 17.1 Å². The first-order valence-corrected chi connectivity index (χ1v) is 10.1. The van der Waals surface area contributed by atoms with Crippen molar-refractivity contribution in [2.24, 2.45) is 0 Å². The highest BCUT2D eigenvalue weighted by molar-refractivity contribution is 6.32. The second-order valence-electron chi connectivity index (χ2n) is 6.79. The summed E-state index contributed by atoms with van der Waals surface area (Å²) in [5.74, 6) is 0.178. The van der Waals surface area contributed by atoms with E-state index in [1.807, 2.05) is 62.4 Å². The van der Waals surface area contributed by atoms with Gasteiger partial charge in [-0.15, -0.1) is 5.10 Å². The number of hydrogen-bond donors (Lipinski definition) is 1. The van der Waals surface area contributed by atoms with Crippen LogP contribution in [0.2, 0.25) is 10.0 Å². The van der Waals surface area contributed by atoms with E-state index in [-0.39, 0.29) is 5.82 Å². The molecule has 1 amide bonds. The van der Waals surface area contributed by atoms with Gasteiger partial charge in [0.25, 0.3) is 5.91 Å². The molecule has 4 aromatic rings. The zero-order valence-electron chi connectivity index (χ0n) is 16.4. The number of halogens is 2. The van der Waals surface area contributed by atoms with Crippen molar-refractivity contribution < 1.29 is 4.79 Å². The SMILES string of the molecule is Cc1c(Cl)cccc1NC(=O)c1nc(-c2ccccc2)n(-c2cccc(Cl)c2C)n1. The molecule has 0 bridgehead atoms. The topological polar surface area (TPSA) is 59.8 Å². The molecule has 150 valence electrons. The maximum Gasteiger partial charge on any atom is 0.295 e. The molecule has 0 saturated carbocycles. The highest BCUT2D eigenvalue weighted by Crippen LogP contribution is 2.27. The average molecular weight is 437 g/mol. The third kappa shape index (κ3) is 3.82. The molecule has 0 atom stereocenters. The fourth-order valence-corrected chi connectivity index (χ4v) is 3.44. The predicted molar refractivity (Wildman–Crippen MR) is 121 cm³/mol. The Hall–Kier alpha value is -3.15. The molecule has 3 aromatic carbocycles. The number of rotatable bonds is 4. The Morgan fingerprint density at radius 2 is 1.53 bits per heavy atom. The normalized spacial score (nSPS) is 10.8. The van der Waals surface area contributed by atoms with Gasteiger partial charge in [-0.1, -0.05) is 65.7 Å². The van der Waals surface area contributed by atoms with E-state index in [1.54, 1.807) is 22.9 Å². The van der Waals surface area contributed by atoms with Crippen molar-refractivity contribution in [2.45, 2.75) is 13.8 Å². The summed E-state index contributed by atoms with van der Waals surface area (Å²) in [7, 11) is 0. The quantitative estimate of drug-likeness (QED) is 0.419. The molecule has 0 aliphatic rings. The third-order valence-corrected chi connectivity index (χ3v) is 5.64. The van der Waals surface area contributed by atoms with Gasteiger partial charge in [0.1, 0.15) is 0 Å². The van der Waals surface area contributed by atoms with Gasteiger partial charge in [0.15, 0.2) is 5.82 Å². The fourth-order valence-electron chi connectivity index (χ4n) is 3.10. The molecular weight excluding hydrogens is 419 g/mol. The molecule has 0 fully saturated rings. The lowest BCUT2D eigenvalue weighted by Crippen LogP contribution is -2.15. The molecular formula is C23H18Cl2N4O. The first-order valence-electron chi connectivity index (χ1n) is 9.30. The number of benzene rings is 3. The number of anilines is 1. The number of nitrogens with zero attached hydrogens (tertiary/aromatic N) is 3. The molecule has 0 radical (unpaired) electrons. The summed E-state index contributed by atoms with van der Waals surface area (Å²) in [5, 5.41) is 8.55. The maximum atomic E-state index is 12.9. The highest BCUT2D eigenvalue weighted by Gasteiger charge is 2.21. The van der Waals surface area contributed by atoms with Gasteiger partial charge in [0.2, 0.25) is 5.82 Å². The maximum absolute atomic E-state index is 12.9. The van der Waals surface area contributed by atoms with E-state index in [0.29, 0.717) is 21.6 Å². The van der Waals surface area contributed by atoms with Crippen LogP contribution in [-0.4, -0.2) is 20.7 Å². The van der Waals surface area contributed by atoms with E-state index in [2.05, 4.69) is 15.4 Å². The zero-order valence-corrected chi connectivity index (χ0v) is 17.9. The van der Waals surface area contributed by atoms with E-state index >= 15 is 0 Å². The van der Waals surface area contributed by atoms with Crippen LogP contribution in [-0.2, 0) is 0 Å². The standard InChI is InChI=1S/C23H18Cl2N4O/c1-14-17(24)10-6-12-19(14)26-23(30)21-27-22(16-8-4-3-5-9-16)29(28-21)20-13-7-11-18(25)15(20)2/h3-13H,1-2H3,(H,26,30). The minimum Gasteiger partial charge on any atom is -0.319 e. The summed E-state index contributed by atoms with van der Waals surface area (Å²) < 4.78 is 1.65. The van der Waals surface area contributed by atoms with Gasteiger partial charge in [-0.05, 0) is 49.2 Å². The molecule has 0 spiro atoms. The monoisotopic (exact) mass is 436 g/mol. The van der Waals surface area contributed by atoms with Crippen LogP contribution in [0.15, 0.2) is 66.7 Å². The van der Waals surface area contributed by atoms with Gasteiger partial charge in [0.05, 0.1) is 5.69 Å². The Morgan fingerprint density at radius 3 is 2.27 bits per heavy atom. The first-order chi connectivity index (χ1) is 14.5. The summed E-state index contributed by atoms with van der Waals surface area (Å²) in [6, 6.07) is 20.5. The number of amides is 1. The van der Waals surface area contributed by atoms with Crippen molar-refractivity contribution in [1.82, 2.24) is 14.8 Å². The molecule has 0 saturated heterocycles. The summed E-state index contributed by atoms with van der Waals surface area (Å²) in [6.07, 6.45) is 0. The predicted octanol–water partition coefficient (Wildman–Crippen LogP) is 6.11. The van der Waals surface area contributed by atoms with Crippen molar-refractivity contribution in [1.29, 1.82) is 0 Å². The van der Waals surface area contributed by atoms with Crippen LogP contribution in [0.1, 0.15) is 21.7 Å². The summed E-state index contributed by atoms with van der Waals surface area (Å²) in [5.41, 5.74) is 3.83. The Kier molecular flexibility index (Phi) is 5.57. The van der Waals surface area contributed by atoms with Gasteiger partial charge >= 0.3 is 0 Å². The van der Waals surface area contributed by atoms with E-state index in [4.69, 9.17) is 23.2 Å². The lowest BCUT2D eigenvalue weighted by atomic mass is 10.1. The Bertz CT molecular complexity index is 1240. The second kappa shape index (κ2) is 8.30. The minimum absolute atomic E-state index is 0.0487. The van der Waals surface area contributed by atoms with Gasteiger partial charge in [-0.2, -0.15) is 0 Å². The number of hydrogen-bond acceptors (Lipinski definition) is 3. The Morgan fingerprint density at radius 1 is 0.867 bits per heavy atom. The second-order valence-corrected chi connectivity index (χ2v) is 7.60. The molecule has 30 heavy (non-hydrogen) atoms. The van der Waals surface area contributed by atoms with Gasteiger partial charge in [0, 0.05) is 21.3 Å². The highest BCUT2D eigenvalue weighted by atomic mass is 35.5. The van der Waals surface area contributed by atoms with E-state index < -0.39 is 5.91 Å². The van der Waals surface area contributed by atoms with E-state index in [9.17, 15) is 4.79 Å². The van der Waals surface area contributed by atoms with Crippen LogP contribution in [0.25, 0.3) is 17.1 Å². The van der Waals surface area contributed by atoms with Crippen LogP contribution in [0.3, 0.4) is 0 Å². The lowest BCUT2D eigenvalue weighted by Gasteiger charge is -2.10. The van der Waals surface area contributed by atoms with Crippen LogP contribution < -0.4 is 5.32 Å². The van der Waals surface area contributed by atoms with Crippen molar-refractivity contribution in [3.05, 3.63) is 93.7 Å². The van der Waals surface area contributed by atoms with Crippen LogP contribution in [0, 0.1) is 13.8 Å². The molecule has 0 aliphatic heterocycles. The van der Waals surface area contributed by atoms with Crippen LogP contribution >= 0.6 is 23.2 Å². The molecule has 1 aromatic heterocycles. The molecule has 1 heterocycles. The Balaban J connectivity index is 1.80. The van der Waals surface area contributed by atoms with Crippen LogP contribution in [0.4, 0.5) is 5.69 Å². The lowest BCUT2D eigenvalue weighted by molar-refractivity contribution is 0.101. The minimum atomic E-state index is -0.420. The average Bonchev–Trinajstić information content (AvgIpc) is 3.19. The number of carbonyl (C=O) groups is 1. The van der Waals surface area contributed by atoms with Crippen molar-refractivity contribution in [3.63, 3.8) is 0 Å². The number of nitrogens with one attached hydrogen (secondary N) is 1. The summed E-state index contributed by atoms with van der Waals surface area (Å²) >= 11 is 12.5. The number of carbonyl (C=O) groups excluding carboxylic acids is 1. The first kappa shape index (κ1) is 20.1. The fraction of sp³-hybridized carbons (Fsp3) is 0.0870. The molecule has 1 N–H and O–H groups in total. The summed E-state index contributed by atoms with van der Waals surface area (Å²) in [4.78, 5) is 17.5. The molecule has 4 rings (SSSR count). The van der Waals surface area contributed by atoms with E-state index in [0.717, 1.165) is 22.4 Å². The molecule has 5 nitrogen and oxygen atoms in total. The third-order valence-electron chi connectivity index (χ3n) is 4.83. The van der Waals surface area contributed by atoms with Crippen molar-refractivity contribution >= 4 is 34.8 Å². The van der Waals surface area contributed by atoms with Gasteiger partial charge in [-0.3, -0.25) is 4.79 Å². The largest absolute Gasteiger partial charge is 0.319 e.